The minimum atomic E-state index is -0.892. The number of urea groups is 1. The molecule has 0 unspecified atom stereocenters. The Morgan fingerprint density at radius 1 is 1.00 bits per heavy atom. The van der Waals surface area contributed by atoms with Gasteiger partial charge >= 0.3 is 12.0 Å². The highest BCUT2D eigenvalue weighted by Gasteiger charge is 2.37. The highest BCUT2D eigenvalue weighted by Crippen LogP contribution is 2.36. The van der Waals surface area contributed by atoms with Gasteiger partial charge in [-0.05, 0) is 90.5 Å². The molecular formula is C29H24BrIN2O7. The molecule has 0 saturated carbocycles. The summed E-state index contributed by atoms with van der Waals surface area (Å²) < 4.78 is 18.5. The van der Waals surface area contributed by atoms with Crippen molar-refractivity contribution in [2.75, 3.05) is 18.1 Å². The van der Waals surface area contributed by atoms with Crippen molar-refractivity contribution in [3.05, 3.63) is 91.0 Å². The molecular weight excluding hydrogens is 695 g/mol. The van der Waals surface area contributed by atoms with Crippen LogP contribution in [0.4, 0.5) is 10.5 Å². The average molecular weight is 719 g/mol. The molecule has 0 aromatic heterocycles. The summed E-state index contributed by atoms with van der Waals surface area (Å²) in [6.45, 7) is 4.41. The summed E-state index contributed by atoms with van der Waals surface area (Å²) in [6.07, 6.45) is 1.40. The molecule has 4 amide bonds. The molecule has 1 heterocycles. The lowest BCUT2D eigenvalue weighted by molar-refractivity contribution is -0.122. The molecule has 0 bridgehead atoms. The molecule has 0 spiro atoms. The Balaban J connectivity index is 1.63. The number of hydrogen-bond acceptors (Lipinski definition) is 7. The Morgan fingerprint density at radius 3 is 2.40 bits per heavy atom. The number of carbonyl (C=O) groups is 4. The van der Waals surface area contributed by atoms with Crippen molar-refractivity contribution in [3.8, 4) is 11.5 Å². The number of benzene rings is 3. The van der Waals surface area contributed by atoms with Crippen molar-refractivity contribution in [2.45, 2.75) is 20.5 Å². The van der Waals surface area contributed by atoms with Crippen molar-refractivity contribution < 1.29 is 33.4 Å². The fraction of sp³-hybridized carbons (Fsp3) is 0.172. The van der Waals surface area contributed by atoms with Gasteiger partial charge in [-0.25, -0.2) is 14.5 Å². The molecule has 4 rings (SSSR count). The van der Waals surface area contributed by atoms with Crippen LogP contribution in [0.5, 0.6) is 11.5 Å². The second-order valence-electron chi connectivity index (χ2n) is 8.37. The zero-order valence-corrected chi connectivity index (χ0v) is 25.3. The van der Waals surface area contributed by atoms with E-state index in [1.54, 1.807) is 19.1 Å². The summed E-state index contributed by atoms with van der Waals surface area (Å²) in [5.41, 5.74) is 1.67. The van der Waals surface area contributed by atoms with Gasteiger partial charge in [0.15, 0.2) is 11.5 Å². The van der Waals surface area contributed by atoms with E-state index in [1.165, 1.54) is 30.3 Å². The second-order valence-corrected chi connectivity index (χ2v) is 10.4. The number of rotatable bonds is 9. The summed E-state index contributed by atoms with van der Waals surface area (Å²) in [5.74, 6) is -1.18. The first-order valence-electron chi connectivity index (χ1n) is 12.2. The zero-order chi connectivity index (χ0) is 28.8. The number of esters is 1. The fourth-order valence-corrected chi connectivity index (χ4v) is 5.04. The number of imide groups is 2. The van der Waals surface area contributed by atoms with E-state index >= 15 is 0 Å². The average Bonchev–Trinajstić information content (AvgIpc) is 2.92. The number of barbiturate groups is 1. The summed E-state index contributed by atoms with van der Waals surface area (Å²) in [4.78, 5) is 51.4. The zero-order valence-electron chi connectivity index (χ0n) is 21.5. The van der Waals surface area contributed by atoms with Gasteiger partial charge in [-0.3, -0.25) is 14.9 Å². The molecule has 1 N–H and O–H groups in total. The van der Waals surface area contributed by atoms with Crippen LogP contribution in [0.1, 0.15) is 35.3 Å². The fourth-order valence-electron chi connectivity index (χ4n) is 3.86. The van der Waals surface area contributed by atoms with E-state index in [4.69, 9.17) is 14.2 Å². The monoisotopic (exact) mass is 718 g/mol. The van der Waals surface area contributed by atoms with Crippen molar-refractivity contribution >= 4 is 74.1 Å². The van der Waals surface area contributed by atoms with E-state index < -0.39 is 23.8 Å². The highest BCUT2D eigenvalue weighted by atomic mass is 127. The van der Waals surface area contributed by atoms with Crippen LogP contribution in [0.15, 0.2) is 70.7 Å². The number of nitrogens with one attached hydrogen (secondary N) is 1. The molecule has 0 radical (unpaired) electrons. The number of carbonyl (C=O) groups excluding carboxylic acids is 4. The van der Waals surface area contributed by atoms with E-state index in [1.807, 2.05) is 31.2 Å². The standard InChI is InChI=1S/C29H24BrIN2O7/c1-3-38-24-15-17(14-23(31)25(24)40-16-19-7-5-6-8-22(19)30)13-21-26(34)32-29(37)33(27(21)35)20-11-9-18(10-12-20)28(36)39-4-2/h5-15H,3-4,16H2,1-2H3,(H,32,34,37)/b21-13+. The second kappa shape index (κ2) is 13.1. The van der Waals surface area contributed by atoms with Crippen molar-refractivity contribution in [1.82, 2.24) is 5.32 Å². The highest BCUT2D eigenvalue weighted by molar-refractivity contribution is 14.1. The van der Waals surface area contributed by atoms with Gasteiger partial charge in [0.1, 0.15) is 12.2 Å². The molecule has 1 aliphatic rings. The van der Waals surface area contributed by atoms with Gasteiger partial charge in [0, 0.05) is 10.0 Å². The van der Waals surface area contributed by atoms with Crippen LogP contribution >= 0.6 is 38.5 Å². The van der Waals surface area contributed by atoms with Gasteiger partial charge in [-0.1, -0.05) is 34.1 Å². The first kappa shape index (κ1) is 29.3. The molecule has 3 aromatic carbocycles. The largest absolute Gasteiger partial charge is 0.490 e. The first-order chi connectivity index (χ1) is 19.2. The molecule has 1 saturated heterocycles. The molecule has 40 heavy (non-hydrogen) atoms. The van der Waals surface area contributed by atoms with Crippen LogP contribution in [-0.4, -0.2) is 37.0 Å². The molecule has 9 nitrogen and oxygen atoms in total. The van der Waals surface area contributed by atoms with E-state index in [9.17, 15) is 19.2 Å². The van der Waals surface area contributed by atoms with Crippen LogP contribution in [-0.2, 0) is 20.9 Å². The van der Waals surface area contributed by atoms with Gasteiger partial charge < -0.3 is 14.2 Å². The maximum atomic E-state index is 13.3. The van der Waals surface area contributed by atoms with Crippen LogP contribution in [0.2, 0.25) is 0 Å². The summed E-state index contributed by atoms with van der Waals surface area (Å²) in [5, 5.41) is 2.20. The summed E-state index contributed by atoms with van der Waals surface area (Å²) >= 11 is 5.62. The van der Waals surface area contributed by atoms with Crippen LogP contribution < -0.4 is 19.7 Å². The number of nitrogens with zero attached hydrogens (tertiary/aromatic N) is 1. The number of halogens is 2. The number of amides is 4. The molecule has 0 atom stereocenters. The van der Waals surface area contributed by atoms with Crippen molar-refractivity contribution in [2.24, 2.45) is 0 Å². The third-order valence-electron chi connectivity index (χ3n) is 5.71. The van der Waals surface area contributed by atoms with Crippen LogP contribution in [0.25, 0.3) is 6.08 Å². The topological polar surface area (TPSA) is 111 Å². The van der Waals surface area contributed by atoms with Crippen molar-refractivity contribution in [1.29, 1.82) is 0 Å². The lowest BCUT2D eigenvalue weighted by Gasteiger charge is -2.26. The van der Waals surface area contributed by atoms with Gasteiger partial charge in [-0.15, -0.1) is 0 Å². The van der Waals surface area contributed by atoms with Crippen molar-refractivity contribution in [3.63, 3.8) is 0 Å². The van der Waals surface area contributed by atoms with E-state index in [0.29, 0.717) is 33.8 Å². The van der Waals surface area contributed by atoms with Crippen LogP contribution in [0, 0.1) is 3.57 Å². The SMILES string of the molecule is CCOC(=O)c1ccc(N2C(=O)NC(=O)/C(=C\c3cc(I)c(OCc4ccccc4Br)c(OCC)c3)C2=O)cc1. The predicted molar refractivity (Wildman–Crippen MR) is 160 cm³/mol. The number of hydrogen-bond donors (Lipinski definition) is 1. The Morgan fingerprint density at radius 2 is 1.73 bits per heavy atom. The van der Waals surface area contributed by atoms with E-state index in [0.717, 1.165) is 14.9 Å². The Labute approximate surface area is 252 Å². The minimum absolute atomic E-state index is 0.189. The van der Waals surface area contributed by atoms with Gasteiger partial charge in [0.2, 0.25) is 0 Å². The number of ether oxygens (including phenoxy) is 3. The van der Waals surface area contributed by atoms with Gasteiger partial charge in [-0.2, -0.15) is 0 Å². The Kier molecular flexibility index (Phi) is 9.58. The van der Waals surface area contributed by atoms with E-state index in [2.05, 4.69) is 43.8 Å². The molecule has 206 valence electrons. The summed E-state index contributed by atoms with van der Waals surface area (Å²) in [6, 6.07) is 16.0. The molecule has 1 fully saturated rings. The molecule has 11 heteroatoms. The minimum Gasteiger partial charge on any atom is -0.490 e. The third-order valence-corrected chi connectivity index (χ3v) is 7.29. The number of anilines is 1. The Hall–Kier alpha value is -3.71. The van der Waals surface area contributed by atoms with Crippen LogP contribution in [0.3, 0.4) is 0 Å². The normalized spacial score (nSPS) is 14.2. The van der Waals surface area contributed by atoms with Gasteiger partial charge in [0.05, 0.1) is 28.0 Å². The molecule has 0 aliphatic carbocycles. The third kappa shape index (κ3) is 6.53. The molecule has 1 aliphatic heterocycles. The van der Waals surface area contributed by atoms with Gasteiger partial charge in [0.25, 0.3) is 11.8 Å². The maximum absolute atomic E-state index is 13.3. The summed E-state index contributed by atoms with van der Waals surface area (Å²) in [7, 11) is 0. The Bertz CT molecular complexity index is 1500. The first-order valence-corrected chi connectivity index (χ1v) is 14.1. The molecule has 3 aromatic rings. The lowest BCUT2D eigenvalue weighted by Crippen LogP contribution is -2.54. The lowest BCUT2D eigenvalue weighted by atomic mass is 10.1. The smallest absolute Gasteiger partial charge is 0.338 e. The quantitative estimate of drug-likeness (QED) is 0.128. The predicted octanol–water partition coefficient (Wildman–Crippen LogP) is 5.87. The maximum Gasteiger partial charge on any atom is 0.338 e. The van der Waals surface area contributed by atoms with E-state index in [-0.39, 0.29) is 23.4 Å².